The van der Waals surface area contributed by atoms with Gasteiger partial charge in [-0.15, -0.1) is 11.3 Å². The number of aryl methyl sites for hydroxylation is 1. The summed E-state index contributed by atoms with van der Waals surface area (Å²) in [6.45, 7) is 7.44. The molecule has 0 fully saturated rings. The molecule has 0 aliphatic carbocycles. The number of hydrogen-bond donors (Lipinski definition) is 1. The molecule has 0 saturated heterocycles. The summed E-state index contributed by atoms with van der Waals surface area (Å²) >= 11 is 11.7. The zero-order valence-electron chi connectivity index (χ0n) is 12.0. The molecule has 1 unspecified atom stereocenters. The van der Waals surface area contributed by atoms with Crippen molar-refractivity contribution in [3.63, 3.8) is 0 Å². The highest BCUT2D eigenvalue weighted by Gasteiger charge is 2.20. The van der Waals surface area contributed by atoms with Crippen LogP contribution in [0.5, 0.6) is 0 Å². The lowest BCUT2D eigenvalue weighted by Crippen LogP contribution is -2.24. The Kier molecular flexibility index (Phi) is 5.67. The Hall–Kier alpha value is -0.350. The fourth-order valence-corrected chi connectivity index (χ4v) is 4.29. The lowest BCUT2D eigenvalue weighted by atomic mass is 9.95. The molecule has 1 aromatic carbocycles. The van der Waals surface area contributed by atoms with Crippen LogP contribution in [-0.4, -0.2) is 6.54 Å². The third-order valence-corrected chi connectivity index (χ3v) is 5.43. The van der Waals surface area contributed by atoms with E-state index in [1.165, 1.54) is 19.8 Å². The number of hydrogen-bond acceptors (Lipinski definition) is 2. The van der Waals surface area contributed by atoms with Crippen LogP contribution in [0.25, 0.3) is 0 Å². The van der Waals surface area contributed by atoms with Gasteiger partial charge in [-0.2, -0.15) is 0 Å². The van der Waals surface area contributed by atoms with Gasteiger partial charge in [0.05, 0.1) is 9.83 Å². The lowest BCUT2D eigenvalue weighted by molar-refractivity contribution is 0.596. The molecule has 4 heteroatoms. The van der Waals surface area contributed by atoms with Crippen LogP contribution < -0.4 is 5.32 Å². The first-order valence-corrected chi connectivity index (χ1v) is 8.77. The molecule has 0 saturated carbocycles. The largest absolute Gasteiger partial charge is 0.306 e. The molecule has 108 valence electrons. The van der Waals surface area contributed by atoms with E-state index < -0.39 is 0 Å². The molecule has 1 atom stereocenters. The average molecular weight is 373 g/mol. The van der Waals surface area contributed by atoms with E-state index in [0.717, 1.165) is 23.6 Å². The maximum Gasteiger partial charge on any atom is 0.0704 e. The summed E-state index contributed by atoms with van der Waals surface area (Å²) in [6, 6.07) is 8.57. The van der Waals surface area contributed by atoms with Gasteiger partial charge in [0.1, 0.15) is 0 Å². The van der Waals surface area contributed by atoms with Gasteiger partial charge in [0, 0.05) is 9.90 Å². The van der Waals surface area contributed by atoms with E-state index in [4.69, 9.17) is 11.6 Å². The maximum atomic E-state index is 6.29. The van der Waals surface area contributed by atoms with Crippen molar-refractivity contribution in [2.75, 3.05) is 6.54 Å². The van der Waals surface area contributed by atoms with E-state index in [1.54, 1.807) is 11.3 Å². The molecule has 0 aliphatic heterocycles. The van der Waals surface area contributed by atoms with Crippen LogP contribution in [0.15, 0.2) is 28.1 Å². The second-order valence-electron chi connectivity index (χ2n) is 4.90. The minimum atomic E-state index is 0.205. The van der Waals surface area contributed by atoms with Gasteiger partial charge in [0.25, 0.3) is 0 Å². The quantitative estimate of drug-likeness (QED) is 0.692. The Morgan fingerprint density at radius 2 is 2.05 bits per heavy atom. The smallest absolute Gasteiger partial charge is 0.0704 e. The van der Waals surface area contributed by atoms with E-state index in [1.807, 2.05) is 12.1 Å². The molecule has 2 aromatic rings. The van der Waals surface area contributed by atoms with E-state index >= 15 is 0 Å². The minimum absolute atomic E-state index is 0.205. The van der Waals surface area contributed by atoms with E-state index in [-0.39, 0.29) is 6.04 Å². The first-order valence-electron chi connectivity index (χ1n) is 6.78. The Bertz CT molecular complexity index is 594. The van der Waals surface area contributed by atoms with Crippen molar-refractivity contribution in [1.29, 1.82) is 0 Å². The van der Waals surface area contributed by atoms with Crippen molar-refractivity contribution in [3.05, 3.63) is 54.6 Å². The third-order valence-electron chi connectivity index (χ3n) is 3.46. The maximum absolute atomic E-state index is 6.29. The molecule has 1 aromatic heterocycles. The summed E-state index contributed by atoms with van der Waals surface area (Å²) in [5.41, 5.74) is 3.75. The average Bonchev–Trinajstić information content (AvgIpc) is 2.74. The molecule has 1 heterocycles. The van der Waals surface area contributed by atoms with Gasteiger partial charge in [-0.05, 0) is 71.6 Å². The molecule has 2 rings (SSSR count). The second kappa shape index (κ2) is 7.08. The second-order valence-corrected chi connectivity index (χ2v) is 7.95. The fraction of sp³-hybridized carbons (Fsp3) is 0.375. The van der Waals surface area contributed by atoms with Crippen molar-refractivity contribution >= 4 is 38.9 Å². The molecule has 1 N–H and O–H groups in total. The first-order chi connectivity index (χ1) is 9.54. The third kappa shape index (κ3) is 3.45. The Morgan fingerprint density at radius 3 is 2.65 bits per heavy atom. The van der Waals surface area contributed by atoms with Gasteiger partial charge >= 0.3 is 0 Å². The highest BCUT2D eigenvalue weighted by Crippen LogP contribution is 2.36. The van der Waals surface area contributed by atoms with Gasteiger partial charge in [-0.25, -0.2) is 0 Å². The van der Waals surface area contributed by atoms with Gasteiger partial charge in [0.2, 0.25) is 0 Å². The summed E-state index contributed by atoms with van der Waals surface area (Å²) in [6.07, 6.45) is 1.11. The van der Waals surface area contributed by atoms with Gasteiger partial charge in [0.15, 0.2) is 0 Å². The molecular weight excluding hydrogens is 354 g/mol. The van der Waals surface area contributed by atoms with E-state index in [9.17, 15) is 0 Å². The molecule has 0 bridgehead atoms. The standard InChI is InChI=1S/C16H19BrClNS/c1-4-8-19-16(13-9-15(17)20-11(13)3)12-6-5-7-14(18)10(12)2/h5-7,9,16,19H,4,8H2,1-3H3. The van der Waals surface area contributed by atoms with E-state index in [0.29, 0.717) is 0 Å². The first kappa shape index (κ1) is 16.0. The monoisotopic (exact) mass is 371 g/mol. The van der Waals surface area contributed by atoms with Gasteiger partial charge < -0.3 is 5.32 Å². The van der Waals surface area contributed by atoms with Gasteiger partial charge in [-0.1, -0.05) is 30.7 Å². The normalized spacial score (nSPS) is 12.7. The fourth-order valence-electron chi connectivity index (χ4n) is 2.36. The number of nitrogens with one attached hydrogen (secondary N) is 1. The van der Waals surface area contributed by atoms with Crippen LogP contribution in [0, 0.1) is 13.8 Å². The van der Waals surface area contributed by atoms with Crippen molar-refractivity contribution in [2.45, 2.75) is 33.2 Å². The number of benzene rings is 1. The minimum Gasteiger partial charge on any atom is -0.306 e. The lowest BCUT2D eigenvalue weighted by Gasteiger charge is -2.22. The van der Waals surface area contributed by atoms with Crippen molar-refractivity contribution in [3.8, 4) is 0 Å². The Labute approximate surface area is 138 Å². The topological polar surface area (TPSA) is 12.0 Å². The number of rotatable bonds is 5. The van der Waals surface area contributed by atoms with Crippen LogP contribution in [0.2, 0.25) is 5.02 Å². The highest BCUT2D eigenvalue weighted by molar-refractivity contribution is 9.11. The zero-order chi connectivity index (χ0) is 14.7. The van der Waals surface area contributed by atoms with Crippen LogP contribution in [0.4, 0.5) is 0 Å². The SMILES string of the molecule is CCCNC(c1cc(Br)sc1C)c1cccc(Cl)c1C. The zero-order valence-corrected chi connectivity index (χ0v) is 15.1. The Balaban J connectivity index is 2.47. The van der Waals surface area contributed by atoms with Crippen molar-refractivity contribution in [1.82, 2.24) is 5.32 Å². The summed E-state index contributed by atoms with van der Waals surface area (Å²) < 4.78 is 1.17. The number of thiophene rings is 1. The molecule has 1 nitrogen and oxygen atoms in total. The van der Waals surface area contributed by atoms with Crippen LogP contribution in [0.1, 0.15) is 41.0 Å². The Morgan fingerprint density at radius 1 is 1.30 bits per heavy atom. The van der Waals surface area contributed by atoms with Crippen molar-refractivity contribution in [2.24, 2.45) is 0 Å². The number of halogens is 2. The van der Waals surface area contributed by atoms with Crippen molar-refractivity contribution < 1.29 is 0 Å². The summed E-state index contributed by atoms with van der Waals surface area (Å²) in [4.78, 5) is 1.34. The predicted molar refractivity (Wildman–Crippen MR) is 93.1 cm³/mol. The summed E-state index contributed by atoms with van der Waals surface area (Å²) in [5.74, 6) is 0. The molecular formula is C16H19BrClNS. The molecule has 0 radical (unpaired) electrons. The van der Waals surface area contributed by atoms with E-state index in [2.05, 4.69) is 54.2 Å². The molecule has 0 amide bonds. The molecule has 0 aliphatic rings. The predicted octanol–water partition coefficient (Wildman–Crippen LogP) is 5.87. The van der Waals surface area contributed by atoms with Crippen LogP contribution in [-0.2, 0) is 0 Å². The highest BCUT2D eigenvalue weighted by atomic mass is 79.9. The van der Waals surface area contributed by atoms with Crippen LogP contribution in [0.3, 0.4) is 0 Å². The summed E-state index contributed by atoms with van der Waals surface area (Å²) in [7, 11) is 0. The molecule has 20 heavy (non-hydrogen) atoms. The van der Waals surface area contributed by atoms with Crippen LogP contribution >= 0.6 is 38.9 Å². The van der Waals surface area contributed by atoms with Gasteiger partial charge in [-0.3, -0.25) is 0 Å². The molecule has 0 spiro atoms. The summed E-state index contributed by atoms with van der Waals surface area (Å²) in [5, 5.41) is 4.48.